The number of hydrogen-bond donors (Lipinski definition) is 1. The van der Waals surface area contributed by atoms with E-state index in [2.05, 4.69) is 12.6 Å². The molecular formula is C13H16FNOS. The summed E-state index contributed by atoms with van der Waals surface area (Å²) < 4.78 is 12.8. The van der Waals surface area contributed by atoms with Crippen molar-refractivity contribution in [2.24, 2.45) is 5.41 Å². The molecule has 0 saturated heterocycles. The minimum Gasteiger partial charge on any atom is -0.315 e. The Balaban J connectivity index is 2.02. The van der Waals surface area contributed by atoms with Crippen LogP contribution in [0.5, 0.6) is 0 Å². The molecule has 1 aromatic carbocycles. The van der Waals surface area contributed by atoms with Gasteiger partial charge in [0, 0.05) is 19.2 Å². The van der Waals surface area contributed by atoms with Gasteiger partial charge in [0.05, 0.1) is 0 Å². The molecule has 17 heavy (non-hydrogen) atoms. The highest BCUT2D eigenvalue weighted by atomic mass is 32.1. The Morgan fingerprint density at radius 3 is 2.47 bits per heavy atom. The van der Waals surface area contributed by atoms with Gasteiger partial charge in [0.1, 0.15) is 5.82 Å². The molecule has 1 saturated carbocycles. The van der Waals surface area contributed by atoms with Crippen LogP contribution < -0.4 is 4.90 Å². The molecule has 0 aliphatic heterocycles. The van der Waals surface area contributed by atoms with Gasteiger partial charge in [0.25, 0.3) is 0 Å². The SMILES string of the molecule is CN(C(=O)CC1(CS)CC1)c1ccc(F)cc1. The van der Waals surface area contributed by atoms with E-state index in [1.165, 1.54) is 12.1 Å². The fourth-order valence-corrected chi connectivity index (χ4v) is 2.24. The molecule has 2 nitrogen and oxygen atoms in total. The molecule has 0 heterocycles. The van der Waals surface area contributed by atoms with Crippen LogP contribution in [0, 0.1) is 11.2 Å². The van der Waals surface area contributed by atoms with Gasteiger partial charge in [-0.25, -0.2) is 4.39 Å². The smallest absolute Gasteiger partial charge is 0.227 e. The summed E-state index contributed by atoms with van der Waals surface area (Å²) in [6, 6.07) is 5.97. The van der Waals surface area contributed by atoms with Crippen LogP contribution >= 0.6 is 12.6 Å². The number of halogens is 1. The lowest BCUT2D eigenvalue weighted by molar-refractivity contribution is -0.119. The van der Waals surface area contributed by atoms with Crippen molar-refractivity contribution in [3.63, 3.8) is 0 Å². The third-order valence-corrected chi connectivity index (χ3v) is 4.08. The van der Waals surface area contributed by atoms with Gasteiger partial charge in [-0.15, -0.1) is 0 Å². The van der Waals surface area contributed by atoms with Gasteiger partial charge >= 0.3 is 0 Å². The molecule has 2 rings (SSSR count). The highest BCUT2D eigenvalue weighted by Crippen LogP contribution is 2.49. The maximum atomic E-state index is 12.8. The number of anilines is 1. The number of hydrogen-bond acceptors (Lipinski definition) is 2. The molecule has 0 unspecified atom stereocenters. The molecule has 0 bridgehead atoms. The summed E-state index contributed by atoms with van der Waals surface area (Å²) >= 11 is 4.29. The standard InChI is InChI=1S/C13H16FNOS/c1-15(11-4-2-10(14)3-5-11)12(16)8-13(9-17)6-7-13/h2-5,17H,6-9H2,1H3. The second-order valence-corrected chi connectivity index (χ2v) is 5.08. The summed E-state index contributed by atoms with van der Waals surface area (Å²) in [6.45, 7) is 0. The van der Waals surface area contributed by atoms with E-state index in [0.29, 0.717) is 6.42 Å². The van der Waals surface area contributed by atoms with E-state index in [4.69, 9.17) is 0 Å². The number of rotatable bonds is 4. The Morgan fingerprint density at radius 1 is 1.41 bits per heavy atom. The van der Waals surface area contributed by atoms with Crippen LogP contribution in [-0.2, 0) is 4.79 Å². The van der Waals surface area contributed by atoms with Gasteiger partial charge in [0.15, 0.2) is 0 Å². The topological polar surface area (TPSA) is 20.3 Å². The molecule has 1 aliphatic carbocycles. The predicted octanol–water partition coefficient (Wildman–Crippen LogP) is 2.89. The monoisotopic (exact) mass is 253 g/mol. The molecule has 0 radical (unpaired) electrons. The largest absolute Gasteiger partial charge is 0.315 e. The number of thiol groups is 1. The van der Waals surface area contributed by atoms with E-state index in [9.17, 15) is 9.18 Å². The summed E-state index contributed by atoms with van der Waals surface area (Å²) in [4.78, 5) is 13.6. The van der Waals surface area contributed by atoms with Crippen molar-refractivity contribution in [3.8, 4) is 0 Å². The minimum atomic E-state index is -0.288. The lowest BCUT2D eigenvalue weighted by Gasteiger charge is -2.20. The summed E-state index contributed by atoms with van der Waals surface area (Å²) in [5, 5.41) is 0. The average molecular weight is 253 g/mol. The molecule has 0 atom stereocenters. The zero-order valence-corrected chi connectivity index (χ0v) is 10.7. The van der Waals surface area contributed by atoms with E-state index in [1.807, 2.05) is 0 Å². The molecule has 1 aromatic rings. The maximum Gasteiger partial charge on any atom is 0.227 e. The van der Waals surface area contributed by atoms with Gasteiger partial charge < -0.3 is 4.90 Å². The van der Waals surface area contributed by atoms with Crippen LogP contribution in [-0.4, -0.2) is 18.7 Å². The first-order chi connectivity index (χ1) is 8.06. The van der Waals surface area contributed by atoms with Crippen LogP contribution in [0.3, 0.4) is 0 Å². The third-order valence-electron chi connectivity index (χ3n) is 3.41. The third kappa shape index (κ3) is 2.80. The van der Waals surface area contributed by atoms with Crippen LogP contribution in [0.2, 0.25) is 0 Å². The van der Waals surface area contributed by atoms with Gasteiger partial charge in [-0.3, -0.25) is 4.79 Å². The Morgan fingerprint density at radius 2 is 2.00 bits per heavy atom. The first kappa shape index (κ1) is 12.4. The van der Waals surface area contributed by atoms with Crippen LogP contribution in [0.1, 0.15) is 19.3 Å². The van der Waals surface area contributed by atoms with Crippen LogP contribution in [0.15, 0.2) is 24.3 Å². The van der Waals surface area contributed by atoms with Gasteiger partial charge in [-0.1, -0.05) is 0 Å². The van der Waals surface area contributed by atoms with Crippen molar-refractivity contribution in [1.29, 1.82) is 0 Å². The lowest BCUT2D eigenvalue weighted by Crippen LogP contribution is -2.29. The fraction of sp³-hybridized carbons (Fsp3) is 0.462. The van der Waals surface area contributed by atoms with Crippen molar-refractivity contribution in [2.45, 2.75) is 19.3 Å². The second-order valence-electron chi connectivity index (χ2n) is 4.76. The summed E-state index contributed by atoms with van der Waals surface area (Å²) in [6.07, 6.45) is 2.70. The Kier molecular flexibility index (Phi) is 3.43. The normalized spacial score (nSPS) is 16.6. The van der Waals surface area contributed by atoms with Crippen LogP contribution in [0.4, 0.5) is 10.1 Å². The number of nitrogens with zero attached hydrogens (tertiary/aromatic N) is 1. The van der Waals surface area contributed by atoms with Crippen molar-refractivity contribution in [1.82, 2.24) is 0 Å². The minimum absolute atomic E-state index is 0.0724. The molecule has 1 aliphatic rings. The predicted molar refractivity (Wildman–Crippen MR) is 69.9 cm³/mol. The van der Waals surface area contributed by atoms with Crippen molar-refractivity contribution in [3.05, 3.63) is 30.1 Å². The zero-order valence-electron chi connectivity index (χ0n) is 9.82. The molecule has 0 N–H and O–H groups in total. The first-order valence-electron chi connectivity index (χ1n) is 5.69. The highest BCUT2D eigenvalue weighted by molar-refractivity contribution is 7.80. The lowest BCUT2D eigenvalue weighted by atomic mass is 10.0. The van der Waals surface area contributed by atoms with Crippen molar-refractivity contribution in [2.75, 3.05) is 17.7 Å². The summed E-state index contributed by atoms with van der Waals surface area (Å²) in [5.74, 6) is 0.544. The molecule has 92 valence electrons. The Labute approximate surface area is 106 Å². The highest BCUT2D eigenvalue weighted by Gasteiger charge is 2.43. The Bertz CT molecular complexity index is 414. The number of amides is 1. The van der Waals surface area contributed by atoms with E-state index in [1.54, 1.807) is 24.1 Å². The second kappa shape index (κ2) is 4.69. The van der Waals surface area contributed by atoms with Gasteiger partial charge in [-0.2, -0.15) is 12.6 Å². The summed E-state index contributed by atoms with van der Waals surface area (Å²) in [5.41, 5.74) is 0.848. The molecule has 1 amide bonds. The van der Waals surface area contributed by atoms with E-state index in [-0.39, 0.29) is 17.1 Å². The van der Waals surface area contributed by atoms with Crippen molar-refractivity contribution < 1.29 is 9.18 Å². The molecular weight excluding hydrogens is 237 g/mol. The van der Waals surface area contributed by atoms with Gasteiger partial charge in [-0.05, 0) is 48.3 Å². The molecule has 0 spiro atoms. The number of carbonyl (C=O) groups excluding carboxylic acids is 1. The number of benzene rings is 1. The molecule has 4 heteroatoms. The van der Waals surface area contributed by atoms with E-state index >= 15 is 0 Å². The van der Waals surface area contributed by atoms with Gasteiger partial charge in [0.2, 0.25) is 5.91 Å². The zero-order chi connectivity index (χ0) is 12.5. The maximum absolute atomic E-state index is 12.8. The van der Waals surface area contributed by atoms with E-state index in [0.717, 1.165) is 24.3 Å². The Hall–Kier alpha value is -1.03. The number of carbonyl (C=O) groups is 1. The first-order valence-corrected chi connectivity index (χ1v) is 6.33. The fourth-order valence-electron chi connectivity index (χ4n) is 1.82. The molecule has 1 fully saturated rings. The quantitative estimate of drug-likeness (QED) is 0.818. The average Bonchev–Trinajstić information content (AvgIpc) is 3.09. The van der Waals surface area contributed by atoms with Crippen LogP contribution in [0.25, 0.3) is 0 Å². The van der Waals surface area contributed by atoms with E-state index < -0.39 is 0 Å². The summed E-state index contributed by atoms with van der Waals surface area (Å²) in [7, 11) is 1.73. The molecule has 0 aromatic heterocycles. The van der Waals surface area contributed by atoms with Crippen molar-refractivity contribution >= 4 is 24.2 Å².